The molecule has 3 amide bonds. The van der Waals surface area contributed by atoms with Crippen molar-refractivity contribution in [2.45, 2.75) is 43.9 Å². The summed E-state index contributed by atoms with van der Waals surface area (Å²) >= 11 is 2.97. The van der Waals surface area contributed by atoms with Gasteiger partial charge in [0.1, 0.15) is 18.1 Å². The third kappa shape index (κ3) is 10.2. The third-order valence-corrected chi connectivity index (χ3v) is 5.05. The van der Waals surface area contributed by atoms with Crippen LogP contribution in [0.4, 0.5) is 0 Å². The highest BCUT2D eigenvalue weighted by atomic mass is 32.2. The smallest absolute Gasteiger partial charge is 0.326 e. The lowest BCUT2D eigenvalue weighted by Crippen LogP contribution is -2.57. The lowest BCUT2D eigenvalue weighted by atomic mass is 10.1. The Morgan fingerprint density at radius 1 is 0.893 bits per heavy atom. The van der Waals surface area contributed by atoms with E-state index < -0.39 is 54.5 Å². The Balaban J connectivity index is 4.71. The van der Waals surface area contributed by atoms with Gasteiger partial charge in [-0.15, -0.1) is 0 Å². The monoisotopic (exact) mass is 438 g/mol. The second kappa shape index (κ2) is 14.5. The van der Waals surface area contributed by atoms with Crippen molar-refractivity contribution in [3.05, 3.63) is 0 Å². The van der Waals surface area contributed by atoms with Crippen molar-refractivity contribution >= 4 is 47.2 Å². The summed E-state index contributed by atoms with van der Waals surface area (Å²) in [7, 11) is 0. The second-order valence-corrected chi connectivity index (χ2v) is 8.01. The van der Waals surface area contributed by atoms with Crippen molar-refractivity contribution in [2.75, 3.05) is 30.6 Å². The van der Waals surface area contributed by atoms with Crippen LogP contribution in [0.25, 0.3) is 0 Å². The van der Waals surface area contributed by atoms with Crippen LogP contribution in [0.15, 0.2) is 0 Å². The Morgan fingerprint density at radius 3 is 1.93 bits per heavy atom. The fraction of sp³-hybridized carbons (Fsp3) is 0.750. The molecule has 0 saturated carbocycles. The van der Waals surface area contributed by atoms with Gasteiger partial charge in [0.15, 0.2) is 0 Å². The van der Waals surface area contributed by atoms with Crippen LogP contribution in [0.1, 0.15) is 19.8 Å². The summed E-state index contributed by atoms with van der Waals surface area (Å²) in [6, 6.07) is -4.21. The van der Waals surface area contributed by atoms with E-state index in [1.807, 2.05) is 12.5 Å². The van der Waals surface area contributed by atoms with Crippen LogP contribution in [0, 0.1) is 0 Å². The fourth-order valence-electron chi connectivity index (χ4n) is 2.02. The third-order valence-electron chi connectivity index (χ3n) is 3.76. The van der Waals surface area contributed by atoms with Crippen LogP contribution in [-0.2, 0) is 19.2 Å². The molecular formula is C16H30N4O6S2. The number of thioether (sulfide) groups is 2. The molecule has 10 nitrogen and oxygen atoms in total. The highest BCUT2D eigenvalue weighted by Gasteiger charge is 2.27. The van der Waals surface area contributed by atoms with E-state index in [0.29, 0.717) is 17.9 Å². The number of nitrogens with two attached hydrogens (primary N) is 1. The van der Waals surface area contributed by atoms with Gasteiger partial charge >= 0.3 is 5.97 Å². The Morgan fingerprint density at radius 2 is 1.43 bits per heavy atom. The summed E-state index contributed by atoms with van der Waals surface area (Å²) in [6.45, 7) is 0.702. The highest BCUT2D eigenvalue weighted by molar-refractivity contribution is 7.98. The Bertz CT molecular complexity index is 537. The first-order valence-electron chi connectivity index (χ1n) is 8.66. The average Bonchev–Trinajstić information content (AvgIpc) is 2.66. The minimum Gasteiger partial charge on any atom is -0.480 e. The van der Waals surface area contributed by atoms with Crippen molar-refractivity contribution in [3.8, 4) is 0 Å². The molecule has 0 heterocycles. The quantitative estimate of drug-likeness (QED) is 0.186. The minimum absolute atomic E-state index is 0.242. The maximum absolute atomic E-state index is 12.2. The lowest BCUT2D eigenvalue weighted by Gasteiger charge is -2.22. The molecule has 0 spiro atoms. The normalized spacial score (nSPS) is 15.0. The van der Waals surface area contributed by atoms with Gasteiger partial charge < -0.3 is 31.9 Å². The predicted molar refractivity (Wildman–Crippen MR) is 110 cm³/mol. The number of aliphatic hydroxyl groups is 1. The molecule has 12 heteroatoms. The maximum atomic E-state index is 12.2. The van der Waals surface area contributed by atoms with E-state index >= 15 is 0 Å². The number of carbonyl (C=O) groups is 4. The molecular weight excluding hydrogens is 408 g/mol. The number of carboxylic acid groups (broad SMARTS) is 1. The van der Waals surface area contributed by atoms with Crippen molar-refractivity contribution in [2.24, 2.45) is 5.73 Å². The van der Waals surface area contributed by atoms with Crippen molar-refractivity contribution in [3.63, 3.8) is 0 Å². The number of rotatable bonds is 14. The first-order chi connectivity index (χ1) is 13.2. The van der Waals surface area contributed by atoms with E-state index in [1.165, 1.54) is 30.4 Å². The molecule has 0 bridgehead atoms. The molecule has 162 valence electrons. The largest absolute Gasteiger partial charge is 0.480 e. The van der Waals surface area contributed by atoms with Crippen molar-refractivity contribution in [1.82, 2.24) is 16.0 Å². The average molecular weight is 439 g/mol. The number of nitrogens with one attached hydrogen (secondary N) is 3. The molecule has 7 N–H and O–H groups in total. The van der Waals surface area contributed by atoms with Crippen LogP contribution in [-0.4, -0.2) is 88.7 Å². The summed E-state index contributed by atoms with van der Waals surface area (Å²) in [4.78, 5) is 47.5. The molecule has 4 unspecified atom stereocenters. The summed E-state index contributed by atoms with van der Waals surface area (Å²) in [5.74, 6) is -1.98. The number of hydrogen-bond donors (Lipinski definition) is 6. The Hall–Kier alpha value is -1.50. The van der Waals surface area contributed by atoms with Gasteiger partial charge in [-0.3, -0.25) is 14.4 Å². The summed E-state index contributed by atoms with van der Waals surface area (Å²) in [6.07, 6.45) is 4.35. The molecule has 0 radical (unpaired) electrons. The van der Waals surface area contributed by atoms with Crippen molar-refractivity contribution in [1.29, 1.82) is 0 Å². The van der Waals surface area contributed by atoms with Gasteiger partial charge in [-0.25, -0.2) is 4.79 Å². The van der Waals surface area contributed by atoms with Gasteiger partial charge in [0.05, 0.1) is 12.6 Å². The molecule has 0 rings (SSSR count). The van der Waals surface area contributed by atoms with E-state index in [4.69, 9.17) is 10.8 Å². The maximum Gasteiger partial charge on any atom is 0.326 e. The van der Waals surface area contributed by atoms with Gasteiger partial charge in [-0.2, -0.15) is 23.5 Å². The number of aliphatic carboxylic acids is 1. The minimum atomic E-state index is -1.27. The molecule has 0 aliphatic heterocycles. The molecule has 0 aliphatic rings. The van der Waals surface area contributed by atoms with Gasteiger partial charge in [0.25, 0.3) is 0 Å². The van der Waals surface area contributed by atoms with Crippen molar-refractivity contribution < 1.29 is 29.4 Å². The molecule has 0 aliphatic carbocycles. The molecule has 28 heavy (non-hydrogen) atoms. The summed E-state index contributed by atoms with van der Waals surface area (Å²) in [5.41, 5.74) is 5.72. The van der Waals surface area contributed by atoms with Crippen LogP contribution < -0.4 is 21.7 Å². The number of hydrogen-bond acceptors (Lipinski definition) is 8. The molecule has 4 atom stereocenters. The van der Waals surface area contributed by atoms with Crippen LogP contribution in [0.5, 0.6) is 0 Å². The SMILES string of the molecule is CSCCC(N)C(=O)NC(CO)C(=O)NC(C)C(=O)NC(CCSC)C(=O)O. The predicted octanol–water partition coefficient (Wildman–Crippen LogP) is -1.63. The zero-order valence-corrected chi connectivity index (χ0v) is 17.9. The van der Waals surface area contributed by atoms with Gasteiger partial charge in [-0.05, 0) is 43.8 Å². The van der Waals surface area contributed by atoms with E-state index in [0.717, 1.165) is 0 Å². The first kappa shape index (κ1) is 26.5. The van der Waals surface area contributed by atoms with Gasteiger partial charge in [0, 0.05) is 0 Å². The van der Waals surface area contributed by atoms with Crippen LogP contribution >= 0.6 is 23.5 Å². The summed E-state index contributed by atoms with van der Waals surface area (Å²) < 4.78 is 0. The molecule has 0 aromatic carbocycles. The number of carboxylic acids is 1. The lowest BCUT2D eigenvalue weighted by molar-refractivity contribution is -0.142. The van der Waals surface area contributed by atoms with E-state index in [1.54, 1.807) is 0 Å². The van der Waals surface area contributed by atoms with Gasteiger partial charge in [0.2, 0.25) is 17.7 Å². The first-order valence-corrected chi connectivity index (χ1v) is 11.4. The summed E-state index contributed by atoms with van der Waals surface area (Å²) in [5, 5.41) is 25.6. The van der Waals surface area contributed by atoms with Crippen LogP contribution in [0.2, 0.25) is 0 Å². The Kier molecular flexibility index (Phi) is 13.7. The zero-order chi connectivity index (χ0) is 21.7. The van der Waals surface area contributed by atoms with E-state index in [2.05, 4.69) is 16.0 Å². The van der Waals surface area contributed by atoms with E-state index in [-0.39, 0.29) is 6.42 Å². The topological polar surface area (TPSA) is 171 Å². The molecule has 0 aromatic rings. The number of aliphatic hydroxyl groups excluding tert-OH is 1. The van der Waals surface area contributed by atoms with E-state index in [9.17, 15) is 24.3 Å². The number of amides is 3. The molecule has 0 saturated heterocycles. The second-order valence-electron chi connectivity index (χ2n) is 6.04. The fourth-order valence-corrected chi connectivity index (χ4v) is 2.98. The highest BCUT2D eigenvalue weighted by Crippen LogP contribution is 2.02. The zero-order valence-electron chi connectivity index (χ0n) is 16.3. The molecule has 0 aromatic heterocycles. The van der Waals surface area contributed by atoms with Gasteiger partial charge in [-0.1, -0.05) is 0 Å². The standard InChI is InChI=1S/C16H30N4O6S2/c1-9(13(22)19-11(16(25)26)5-7-28-3)18-15(24)12(8-21)20-14(23)10(17)4-6-27-2/h9-12,21H,4-8,17H2,1-3H3,(H,18,24)(H,19,22)(H,20,23)(H,25,26). The Labute approximate surface area is 173 Å². The number of carbonyl (C=O) groups excluding carboxylic acids is 3. The molecule has 0 fully saturated rings. The van der Waals surface area contributed by atoms with Crippen LogP contribution in [0.3, 0.4) is 0 Å².